The molecule has 6 aromatic carbocycles. The molecule has 10 rings (SSSR count). The summed E-state index contributed by atoms with van der Waals surface area (Å²) in [7, 11) is 0. The molecule has 0 spiro atoms. The zero-order chi connectivity index (χ0) is 49.0. The number of hydrogen-bond donors (Lipinski definition) is 3. The lowest BCUT2D eigenvalue weighted by molar-refractivity contribution is -0.155. The number of oxime groups is 1. The Labute approximate surface area is 423 Å². The third-order valence-corrected chi connectivity index (χ3v) is 15.0. The summed E-state index contributed by atoms with van der Waals surface area (Å²) in [6, 6.07) is 57.1. The molecule has 2 aliphatic heterocycles. The number of amides is 2. The first-order chi connectivity index (χ1) is 34.7. The summed E-state index contributed by atoms with van der Waals surface area (Å²) in [5.74, 6) is -2.61. The molecule has 1 saturated heterocycles. The second kappa shape index (κ2) is 20.2. The van der Waals surface area contributed by atoms with Gasteiger partial charge in [0.05, 0.1) is 17.2 Å². The van der Waals surface area contributed by atoms with Crippen LogP contribution in [0.2, 0.25) is 4.34 Å². The summed E-state index contributed by atoms with van der Waals surface area (Å²) >= 11 is 9.83. The van der Waals surface area contributed by atoms with Gasteiger partial charge in [0, 0.05) is 21.6 Å². The minimum absolute atomic E-state index is 0.00649. The molecule has 14 heteroatoms. The molecule has 3 N–H and O–H groups in total. The number of carboxylic acid groups (broad SMARTS) is 1. The highest BCUT2D eigenvalue weighted by atomic mass is 35.5. The molecule has 352 valence electrons. The van der Waals surface area contributed by atoms with E-state index < -0.39 is 41.0 Å². The van der Waals surface area contributed by atoms with E-state index in [4.69, 9.17) is 26.6 Å². The van der Waals surface area contributed by atoms with Crippen molar-refractivity contribution in [2.45, 2.75) is 43.0 Å². The number of thiazole rings is 2. The highest BCUT2D eigenvalue weighted by Crippen LogP contribution is 2.44. The predicted molar refractivity (Wildman–Crippen MR) is 279 cm³/mol. The van der Waals surface area contributed by atoms with Gasteiger partial charge in [-0.2, -0.15) is 0 Å². The van der Waals surface area contributed by atoms with Crippen molar-refractivity contribution >= 4 is 69.0 Å². The first-order valence-corrected chi connectivity index (χ1v) is 25.0. The second-order valence-corrected chi connectivity index (χ2v) is 19.5. The number of fused-ring (bicyclic) bond motifs is 1. The number of nitrogens with one attached hydrogen (secondary N) is 2. The fourth-order valence-electron chi connectivity index (χ4n) is 9.54. The Balaban J connectivity index is 1.08. The smallest absolute Gasteiger partial charge is 0.352 e. The Kier molecular flexibility index (Phi) is 13.3. The number of allylic oxidation sites excluding steroid dienone is 2. The van der Waals surface area contributed by atoms with Gasteiger partial charge in [-0.05, 0) is 48.1 Å². The van der Waals surface area contributed by atoms with Crippen LogP contribution in [0.15, 0.2) is 210 Å². The van der Waals surface area contributed by atoms with E-state index in [1.807, 2.05) is 195 Å². The fourth-order valence-corrected chi connectivity index (χ4v) is 11.3. The quantitative estimate of drug-likeness (QED) is 0.0375. The Morgan fingerprint density at radius 1 is 0.746 bits per heavy atom. The van der Waals surface area contributed by atoms with Crippen LogP contribution in [0.1, 0.15) is 62.5 Å². The molecular weight excluding hydrogens is 948 g/mol. The van der Waals surface area contributed by atoms with Gasteiger partial charge in [-0.1, -0.05) is 216 Å². The summed E-state index contributed by atoms with van der Waals surface area (Å²) in [5, 5.41) is 22.3. The number of halogens is 1. The molecule has 0 unspecified atom stereocenters. The molecule has 2 aliphatic rings. The maximum absolute atomic E-state index is 15.2. The lowest BCUT2D eigenvalue weighted by Crippen LogP contribution is -2.72. The van der Waals surface area contributed by atoms with Crippen LogP contribution in [0.25, 0.3) is 6.08 Å². The maximum atomic E-state index is 15.2. The molecular formula is C57H45ClN6O5S2. The summed E-state index contributed by atoms with van der Waals surface area (Å²) in [6.45, 7) is 1.88. The number of β-lactam (4-membered cyclic amide) rings is 1. The van der Waals surface area contributed by atoms with Crippen molar-refractivity contribution in [2.75, 3.05) is 5.32 Å². The van der Waals surface area contributed by atoms with Gasteiger partial charge in [-0.25, -0.2) is 14.8 Å². The van der Waals surface area contributed by atoms with Crippen LogP contribution in [-0.4, -0.2) is 55.6 Å². The topological polar surface area (TPSA) is 146 Å². The number of carboxylic acids is 1. The van der Waals surface area contributed by atoms with Gasteiger partial charge < -0.3 is 20.6 Å². The average molecular weight is 994 g/mol. The Bertz CT molecular complexity index is 3100. The largest absolute Gasteiger partial charge is 0.477 e. The van der Waals surface area contributed by atoms with Crippen LogP contribution in [-0.2, 0) is 30.4 Å². The number of carbonyl (C=O) groups is 3. The van der Waals surface area contributed by atoms with Crippen molar-refractivity contribution in [2.24, 2.45) is 5.16 Å². The molecule has 2 atom stereocenters. The zero-order valence-electron chi connectivity index (χ0n) is 38.2. The van der Waals surface area contributed by atoms with E-state index >= 15 is 4.79 Å². The van der Waals surface area contributed by atoms with Crippen LogP contribution in [0, 0.1) is 6.92 Å². The van der Waals surface area contributed by atoms with Crippen molar-refractivity contribution in [1.82, 2.24) is 20.2 Å². The monoisotopic (exact) mass is 992 g/mol. The molecule has 0 bridgehead atoms. The van der Waals surface area contributed by atoms with Crippen LogP contribution in [0.5, 0.6) is 0 Å². The van der Waals surface area contributed by atoms with E-state index in [-0.39, 0.29) is 21.4 Å². The van der Waals surface area contributed by atoms with Gasteiger partial charge in [0.1, 0.15) is 27.3 Å². The Hall–Kier alpha value is -7.97. The Morgan fingerprint density at radius 2 is 1.23 bits per heavy atom. The molecule has 2 aromatic heterocycles. The van der Waals surface area contributed by atoms with E-state index in [0.717, 1.165) is 55.3 Å². The third kappa shape index (κ3) is 8.84. The normalized spacial score (nSPS) is 16.1. The summed E-state index contributed by atoms with van der Waals surface area (Å²) in [4.78, 5) is 60.7. The molecule has 71 heavy (non-hydrogen) atoms. The van der Waals surface area contributed by atoms with Gasteiger partial charge >= 0.3 is 5.97 Å². The van der Waals surface area contributed by atoms with E-state index in [0.29, 0.717) is 23.5 Å². The van der Waals surface area contributed by atoms with Crippen molar-refractivity contribution < 1.29 is 24.3 Å². The summed E-state index contributed by atoms with van der Waals surface area (Å²) < 4.78 is 0.126. The number of nitrogens with zero attached hydrogens (tertiary/aromatic N) is 4. The van der Waals surface area contributed by atoms with E-state index in [9.17, 15) is 14.7 Å². The lowest BCUT2D eigenvalue weighted by Gasteiger charge is -2.50. The SMILES string of the molecule is Cc1ncsc1C=CC1=C(C(=O)O)N2C(=O)[C@@H](NC(=O)C(=NOC(c3ccccc3)(c3ccccc3)c3ccccc3)c3nc(NC(c4ccccc4)(c4ccccc4)c4ccccc4)sc3Cl)[C@H]2CC1. The number of benzene rings is 6. The molecule has 11 nitrogen and oxygen atoms in total. The highest BCUT2D eigenvalue weighted by Gasteiger charge is 2.54. The maximum Gasteiger partial charge on any atom is 0.352 e. The van der Waals surface area contributed by atoms with Crippen molar-refractivity contribution in [3.8, 4) is 0 Å². The molecule has 0 saturated carbocycles. The van der Waals surface area contributed by atoms with Crippen LogP contribution >= 0.6 is 34.3 Å². The van der Waals surface area contributed by atoms with Gasteiger partial charge in [-0.3, -0.25) is 14.5 Å². The minimum Gasteiger partial charge on any atom is -0.477 e. The molecule has 8 aromatic rings. The van der Waals surface area contributed by atoms with Gasteiger partial charge in [0.25, 0.3) is 11.8 Å². The Morgan fingerprint density at radius 3 is 1.68 bits per heavy atom. The van der Waals surface area contributed by atoms with Gasteiger partial charge in [-0.15, -0.1) is 11.3 Å². The molecule has 0 aliphatic carbocycles. The number of carbonyl (C=O) groups excluding carboxylic acids is 2. The highest BCUT2D eigenvalue weighted by molar-refractivity contribution is 7.20. The van der Waals surface area contributed by atoms with Crippen LogP contribution < -0.4 is 10.6 Å². The predicted octanol–water partition coefficient (Wildman–Crippen LogP) is 11.2. The molecule has 4 heterocycles. The molecule has 2 amide bonds. The number of aliphatic carboxylic acids is 1. The number of aryl methyl sites for hydroxylation is 1. The third-order valence-electron chi connectivity index (χ3n) is 12.9. The number of anilines is 1. The van der Waals surface area contributed by atoms with Crippen molar-refractivity contribution in [3.05, 3.63) is 259 Å². The number of aromatic nitrogens is 2. The van der Waals surface area contributed by atoms with Crippen LogP contribution in [0.4, 0.5) is 5.13 Å². The molecule has 0 radical (unpaired) electrons. The summed E-state index contributed by atoms with van der Waals surface area (Å²) in [6.07, 6.45) is 4.30. The van der Waals surface area contributed by atoms with Gasteiger partial charge in [0.2, 0.25) is 5.60 Å². The number of hydrogen-bond acceptors (Lipinski definition) is 10. The molecule has 1 fully saturated rings. The standard InChI is InChI=1S/C57H45ClN6O5S2/c1-37-46(70-36-59-37)35-33-38-32-34-45-47(53(66)64(45)50(38)54(67)68)60-52(65)49(63-69-57(42-26-14-5-15-27-42,43-28-16-6-17-29-43)44-30-18-7-19-31-44)48-51(58)71-55(61-48)62-56(39-20-8-2-9-21-39,40-22-10-3-11-23-40)41-24-12-4-13-25-41/h2-31,33,35-36,45,47H,32,34H2,1H3,(H,60,65)(H,61,62)(H,67,68)/t45-,47+/m1/s1. The van der Waals surface area contributed by atoms with Crippen LogP contribution in [0.3, 0.4) is 0 Å². The van der Waals surface area contributed by atoms with Gasteiger partial charge in [0.15, 0.2) is 10.8 Å². The minimum atomic E-state index is -1.41. The van der Waals surface area contributed by atoms with E-state index in [1.165, 1.54) is 16.2 Å². The van der Waals surface area contributed by atoms with E-state index in [2.05, 4.69) is 15.6 Å². The zero-order valence-corrected chi connectivity index (χ0v) is 40.6. The fraction of sp³-hybridized carbons (Fsp3) is 0.123. The first-order valence-electron chi connectivity index (χ1n) is 22.9. The summed E-state index contributed by atoms with van der Waals surface area (Å²) in [5.41, 5.74) is 5.17. The lowest BCUT2D eigenvalue weighted by atomic mass is 9.77. The first kappa shape index (κ1) is 46.7. The second-order valence-electron chi connectivity index (χ2n) is 17.0. The average Bonchev–Trinajstić information content (AvgIpc) is 4.01. The van der Waals surface area contributed by atoms with E-state index in [1.54, 1.807) is 11.6 Å². The van der Waals surface area contributed by atoms with Crippen molar-refractivity contribution in [1.29, 1.82) is 0 Å². The van der Waals surface area contributed by atoms with Crippen molar-refractivity contribution in [3.63, 3.8) is 0 Å². The number of rotatable bonds is 16.